The van der Waals surface area contributed by atoms with Gasteiger partial charge in [-0.25, -0.2) is 0 Å². The number of benzene rings is 2. The number of amides is 2. The van der Waals surface area contributed by atoms with Crippen LogP contribution in [0.25, 0.3) is 0 Å². The predicted octanol–water partition coefficient (Wildman–Crippen LogP) is 4.50. The molecule has 0 aliphatic rings. The molecule has 2 amide bonds. The van der Waals surface area contributed by atoms with Crippen molar-refractivity contribution in [2.24, 2.45) is 0 Å². The molecule has 3 rings (SSSR count). The maximum absolute atomic E-state index is 12.6. The van der Waals surface area contributed by atoms with E-state index in [0.717, 1.165) is 4.47 Å². The first-order chi connectivity index (χ1) is 15.0. The lowest BCUT2D eigenvalue weighted by atomic mass is 10.2. The molecule has 3 aromatic rings. The molecule has 3 N–H and O–H groups in total. The van der Waals surface area contributed by atoms with Gasteiger partial charge in [0.2, 0.25) is 0 Å². The normalized spacial score (nSPS) is 10.3. The number of halogens is 1. The van der Waals surface area contributed by atoms with E-state index in [1.165, 1.54) is 0 Å². The molecule has 0 spiro atoms. The predicted molar refractivity (Wildman–Crippen MR) is 125 cm³/mol. The van der Waals surface area contributed by atoms with Crippen LogP contribution in [0.4, 0.5) is 5.69 Å². The molecule has 0 aliphatic carbocycles. The van der Waals surface area contributed by atoms with Crippen molar-refractivity contribution in [2.45, 2.75) is 13.5 Å². The van der Waals surface area contributed by atoms with Crippen LogP contribution in [0.3, 0.4) is 0 Å². The molecule has 0 unspecified atom stereocenters. The van der Waals surface area contributed by atoms with Crippen molar-refractivity contribution in [1.82, 2.24) is 10.6 Å². The van der Waals surface area contributed by atoms with Crippen molar-refractivity contribution >= 4 is 50.8 Å². The first-order valence-electron chi connectivity index (χ1n) is 9.41. The van der Waals surface area contributed by atoms with Crippen LogP contribution < -0.4 is 20.7 Å². The van der Waals surface area contributed by atoms with Crippen molar-refractivity contribution in [3.8, 4) is 5.75 Å². The Balaban J connectivity index is 1.56. The number of carbonyl (C=O) groups is 2. The zero-order valence-corrected chi connectivity index (χ0v) is 19.0. The van der Waals surface area contributed by atoms with E-state index in [-0.39, 0.29) is 11.0 Å². The molecule has 2 aromatic carbocycles. The van der Waals surface area contributed by atoms with Crippen LogP contribution in [0.5, 0.6) is 5.75 Å². The van der Waals surface area contributed by atoms with E-state index in [0.29, 0.717) is 41.5 Å². The highest BCUT2D eigenvalue weighted by Crippen LogP contribution is 2.23. The fraction of sp³-hybridized carbons (Fsp3) is 0.136. The zero-order valence-electron chi connectivity index (χ0n) is 16.6. The smallest absolute Gasteiger partial charge is 0.261 e. The van der Waals surface area contributed by atoms with Crippen molar-refractivity contribution in [2.75, 3.05) is 11.9 Å². The Morgan fingerprint density at radius 1 is 1.10 bits per heavy atom. The SMILES string of the molecule is CCOc1ccc(Br)cc1C(=O)NC(=S)Nc1ccc(C(=O)NCc2ccco2)cc1. The Labute approximate surface area is 193 Å². The van der Waals surface area contributed by atoms with Crippen LogP contribution in [0.2, 0.25) is 0 Å². The maximum Gasteiger partial charge on any atom is 0.261 e. The molecule has 0 aliphatic heterocycles. The number of ether oxygens (including phenoxy) is 1. The van der Waals surface area contributed by atoms with Gasteiger partial charge in [-0.05, 0) is 73.7 Å². The van der Waals surface area contributed by atoms with E-state index in [1.807, 2.05) is 6.92 Å². The van der Waals surface area contributed by atoms with Crippen LogP contribution in [0, 0.1) is 0 Å². The third-order valence-corrected chi connectivity index (χ3v) is 4.82. The number of carbonyl (C=O) groups excluding carboxylic acids is 2. The van der Waals surface area contributed by atoms with Gasteiger partial charge in [0.1, 0.15) is 11.5 Å². The average Bonchev–Trinajstić information content (AvgIpc) is 3.27. The summed E-state index contributed by atoms with van der Waals surface area (Å²) < 4.78 is 11.4. The van der Waals surface area contributed by atoms with Gasteiger partial charge < -0.3 is 19.8 Å². The number of rotatable bonds is 7. The van der Waals surface area contributed by atoms with E-state index in [9.17, 15) is 9.59 Å². The molecule has 1 aromatic heterocycles. The lowest BCUT2D eigenvalue weighted by molar-refractivity contribution is 0.0945. The van der Waals surface area contributed by atoms with Gasteiger partial charge in [0.15, 0.2) is 5.11 Å². The number of nitrogens with one attached hydrogen (secondary N) is 3. The number of hydrogen-bond acceptors (Lipinski definition) is 5. The van der Waals surface area contributed by atoms with Gasteiger partial charge in [-0.2, -0.15) is 0 Å². The first kappa shape index (κ1) is 22.5. The Morgan fingerprint density at radius 2 is 1.87 bits per heavy atom. The summed E-state index contributed by atoms with van der Waals surface area (Å²) in [5.74, 6) is 0.523. The summed E-state index contributed by atoms with van der Waals surface area (Å²) in [5.41, 5.74) is 1.48. The molecule has 9 heteroatoms. The Hall–Kier alpha value is -3.17. The van der Waals surface area contributed by atoms with Crippen molar-refractivity contribution < 1.29 is 18.7 Å². The summed E-state index contributed by atoms with van der Waals surface area (Å²) in [6, 6.07) is 15.4. The molecule has 1 heterocycles. The number of thiocarbonyl (C=S) groups is 1. The van der Waals surface area contributed by atoms with E-state index in [2.05, 4.69) is 31.9 Å². The summed E-state index contributed by atoms with van der Waals surface area (Å²) >= 11 is 8.59. The largest absolute Gasteiger partial charge is 0.493 e. The van der Waals surface area contributed by atoms with Crippen LogP contribution >= 0.6 is 28.1 Å². The summed E-state index contributed by atoms with van der Waals surface area (Å²) in [5, 5.41) is 8.47. The fourth-order valence-electron chi connectivity index (χ4n) is 2.68. The molecular weight excluding hydrogens is 482 g/mol. The van der Waals surface area contributed by atoms with Crippen LogP contribution in [0.1, 0.15) is 33.4 Å². The summed E-state index contributed by atoms with van der Waals surface area (Å²) in [6.45, 7) is 2.59. The first-order valence-corrected chi connectivity index (χ1v) is 10.6. The van der Waals surface area contributed by atoms with Gasteiger partial charge in [0.25, 0.3) is 11.8 Å². The molecule has 0 atom stereocenters. The minimum absolute atomic E-state index is 0.127. The zero-order chi connectivity index (χ0) is 22.2. The van der Waals surface area contributed by atoms with Gasteiger partial charge in [-0.15, -0.1) is 0 Å². The summed E-state index contributed by atoms with van der Waals surface area (Å²) in [4.78, 5) is 24.8. The molecule has 0 fully saturated rings. The average molecular weight is 502 g/mol. The fourth-order valence-corrected chi connectivity index (χ4v) is 3.25. The van der Waals surface area contributed by atoms with Crippen molar-refractivity contribution in [3.05, 3.63) is 82.2 Å². The van der Waals surface area contributed by atoms with Crippen LogP contribution in [-0.2, 0) is 6.54 Å². The molecule has 7 nitrogen and oxygen atoms in total. The number of furan rings is 1. The van der Waals surface area contributed by atoms with Crippen molar-refractivity contribution in [1.29, 1.82) is 0 Å². The second kappa shape index (κ2) is 10.7. The molecule has 0 saturated heterocycles. The lowest BCUT2D eigenvalue weighted by Gasteiger charge is -2.13. The highest BCUT2D eigenvalue weighted by Gasteiger charge is 2.15. The van der Waals surface area contributed by atoms with Gasteiger partial charge in [-0.3, -0.25) is 14.9 Å². The quantitative estimate of drug-likeness (QED) is 0.412. The van der Waals surface area contributed by atoms with Crippen LogP contribution in [-0.4, -0.2) is 23.5 Å². The van der Waals surface area contributed by atoms with Gasteiger partial charge in [-0.1, -0.05) is 15.9 Å². The van der Waals surface area contributed by atoms with E-state index >= 15 is 0 Å². The standard InChI is InChI=1S/C22H20BrN3O4S/c1-2-29-19-10-7-15(23)12-18(19)21(28)26-22(31)25-16-8-5-14(6-9-16)20(27)24-13-17-4-3-11-30-17/h3-12H,2,13H2,1H3,(H,24,27)(H2,25,26,28,31). The minimum atomic E-state index is -0.392. The Kier molecular flexibility index (Phi) is 7.80. The molecule has 160 valence electrons. The van der Waals surface area contributed by atoms with E-state index in [4.69, 9.17) is 21.4 Å². The minimum Gasteiger partial charge on any atom is -0.493 e. The van der Waals surface area contributed by atoms with Crippen LogP contribution in [0.15, 0.2) is 69.8 Å². The third kappa shape index (κ3) is 6.40. The van der Waals surface area contributed by atoms with Gasteiger partial charge >= 0.3 is 0 Å². The van der Waals surface area contributed by atoms with Crippen molar-refractivity contribution in [3.63, 3.8) is 0 Å². The summed E-state index contributed by atoms with van der Waals surface area (Å²) in [6.07, 6.45) is 1.55. The molecule has 0 saturated carbocycles. The highest BCUT2D eigenvalue weighted by atomic mass is 79.9. The molecule has 0 radical (unpaired) electrons. The second-order valence-electron chi connectivity index (χ2n) is 6.32. The molecule has 31 heavy (non-hydrogen) atoms. The number of hydrogen-bond donors (Lipinski definition) is 3. The lowest BCUT2D eigenvalue weighted by Crippen LogP contribution is -2.34. The topological polar surface area (TPSA) is 92.6 Å². The molecular formula is C22H20BrN3O4S. The third-order valence-electron chi connectivity index (χ3n) is 4.12. The Bertz CT molecular complexity index is 1070. The molecule has 0 bridgehead atoms. The van der Waals surface area contributed by atoms with Gasteiger partial charge in [0.05, 0.1) is 25.0 Å². The second-order valence-corrected chi connectivity index (χ2v) is 7.65. The summed E-state index contributed by atoms with van der Waals surface area (Å²) in [7, 11) is 0. The highest BCUT2D eigenvalue weighted by molar-refractivity contribution is 9.10. The maximum atomic E-state index is 12.6. The monoisotopic (exact) mass is 501 g/mol. The van der Waals surface area contributed by atoms with Gasteiger partial charge in [0, 0.05) is 15.7 Å². The van der Waals surface area contributed by atoms with E-state index < -0.39 is 5.91 Å². The van der Waals surface area contributed by atoms with E-state index in [1.54, 1.807) is 60.9 Å². The number of anilines is 1. The Morgan fingerprint density at radius 3 is 2.55 bits per heavy atom.